The van der Waals surface area contributed by atoms with Crippen LogP contribution in [0.4, 0.5) is 0 Å². The lowest BCUT2D eigenvalue weighted by molar-refractivity contribution is 0.0952. The van der Waals surface area contributed by atoms with Crippen molar-refractivity contribution in [3.05, 3.63) is 71.8 Å². The van der Waals surface area contributed by atoms with E-state index in [2.05, 4.69) is 43.1 Å². The molecular formula is C19H25NO. The van der Waals surface area contributed by atoms with Crippen molar-refractivity contribution in [2.75, 3.05) is 20.1 Å². The van der Waals surface area contributed by atoms with Crippen molar-refractivity contribution in [2.24, 2.45) is 5.92 Å². The lowest BCUT2D eigenvalue weighted by Gasteiger charge is -2.25. The largest absolute Gasteiger partial charge is 0.388 e. The van der Waals surface area contributed by atoms with Gasteiger partial charge in [-0.3, -0.25) is 0 Å². The second kappa shape index (κ2) is 7.96. The minimum absolute atomic E-state index is 0.216. The van der Waals surface area contributed by atoms with Gasteiger partial charge >= 0.3 is 0 Å². The van der Waals surface area contributed by atoms with Crippen LogP contribution in [0.1, 0.15) is 24.2 Å². The molecule has 2 unspecified atom stereocenters. The van der Waals surface area contributed by atoms with Crippen LogP contribution in [-0.4, -0.2) is 30.1 Å². The zero-order valence-corrected chi connectivity index (χ0v) is 12.9. The summed E-state index contributed by atoms with van der Waals surface area (Å²) in [6.07, 6.45) is 0.649. The van der Waals surface area contributed by atoms with Crippen molar-refractivity contribution >= 4 is 0 Å². The van der Waals surface area contributed by atoms with Gasteiger partial charge in [-0.1, -0.05) is 67.6 Å². The second-order valence-electron chi connectivity index (χ2n) is 5.83. The SMILES string of the molecule is CC(CN(C)CCc1ccccc1)C(O)c1ccccc1. The van der Waals surface area contributed by atoms with Crippen LogP contribution in [0.5, 0.6) is 0 Å². The van der Waals surface area contributed by atoms with E-state index in [1.165, 1.54) is 5.56 Å². The van der Waals surface area contributed by atoms with Crippen LogP contribution in [-0.2, 0) is 6.42 Å². The standard InChI is InChI=1S/C19H25NO/c1-16(19(21)18-11-7-4-8-12-18)15-20(2)14-13-17-9-5-3-6-10-17/h3-12,16,19,21H,13-15H2,1-2H3. The molecule has 0 saturated carbocycles. The fourth-order valence-electron chi connectivity index (χ4n) is 2.63. The third-order valence-electron chi connectivity index (χ3n) is 3.90. The molecule has 1 N–H and O–H groups in total. The lowest BCUT2D eigenvalue weighted by atomic mass is 9.97. The number of aliphatic hydroxyl groups is 1. The maximum absolute atomic E-state index is 10.4. The molecule has 0 spiro atoms. The van der Waals surface area contributed by atoms with Crippen molar-refractivity contribution in [1.82, 2.24) is 4.90 Å². The van der Waals surface area contributed by atoms with Crippen molar-refractivity contribution in [3.63, 3.8) is 0 Å². The third kappa shape index (κ3) is 5.00. The Morgan fingerprint density at radius 1 is 0.952 bits per heavy atom. The Kier molecular flexibility index (Phi) is 5.97. The molecule has 0 saturated heterocycles. The van der Waals surface area contributed by atoms with Crippen LogP contribution in [0.3, 0.4) is 0 Å². The first-order valence-corrected chi connectivity index (χ1v) is 7.62. The number of hydrogen-bond acceptors (Lipinski definition) is 2. The molecule has 0 radical (unpaired) electrons. The van der Waals surface area contributed by atoms with Gasteiger partial charge in [0.2, 0.25) is 0 Å². The van der Waals surface area contributed by atoms with Gasteiger partial charge in [0.05, 0.1) is 6.10 Å². The molecule has 2 aromatic rings. The van der Waals surface area contributed by atoms with Gasteiger partial charge in [-0.25, -0.2) is 0 Å². The van der Waals surface area contributed by atoms with Crippen LogP contribution < -0.4 is 0 Å². The molecular weight excluding hydrogens is 258 g/mol. The van der Waals surface area contributed by atoms with E-state index in [0.29, 0.717) is 0 Å². The molecule has 2 heteroatoms. The molecule has 2 nitrogen and oxygen atoms in total. The van der Waals surface area contributed by atoms with Crippen LogP contribution in [0.15, 0.2) is 60.7 Å². The fraction of sp³-hybridized carbons (Fsp3) is 0.368. The Morgan fingerprint density at radius 3 is 2.14 bits per heavy atom. The van der Waals surface area contributed by atoms with E-state index in [9.17, 15) is 5.11 Å². The highest BCUT2D eigenvalue weighted by atomic mass is 16.3. The minimum atomic E-state index is -0.398. The van der Waals surface area contributed by atoms with Gasteiger partial charge in [-0.05, 0) is 30.5 Å². The summed E-state index contributed by atoms with van der Waals surface area (Å²) in [6, 6.07) is 20.4. The van der Waals surface area contributed by atoms with E-state index in [-0.39, 0.29) is 5.92 Å². The average molecular weight is 283 g/mol. The molecule has 2 aromatic carbocycles. The van der Waals surface area contributed by atoms with Crippen molar-refractivity contribution < 1.29 is 5.11 Å². The van der Waals surface area contributed by atoms with Crippen molar-refractivity contribution in [1.29, 1.82) is 0 Å². The van der Waals surface area contributed by atoms with Crippen LogP contribution >= 0.6 is 0 Å². The summed E-state index contributed by atoms with van der Waals surface area (Å²) in [4.78, 5) is 2.30. The Hall–Kier alpha value is -1.64. The van der Waals surface area contributed by atoms with Crippen molar-refractivity contribution in [2.45, 2.75) is 19.4 Å². The number of hydrogen-bond donors (Lipinski definition) is 1. The maximum atomic E-state index is 10.4. The lowest BCUT2D eigenvalue weighted by Crippen LogP contribution is -2.29. The molecule has 0 bridgehead atoms. The van der Waals surface area contributed by atoms with Crippen molar-refractivity contribution in [3.8, 4) is 0 Å². The summed E-state index contributed by atoms with van der Waals surface area (Å²) in [6.45, 7) is 4.01. The number of nitrogens with zero attached hydrogens (tertiary/aromatic N) is 1. The Balaban J connectivity index is 1.80. The minimum Gasteiger partial charge on any atom is -0.388 e. The Labute approximate surface area is 128 Å². The quantitative estimate of drug-likeness (QED) is 0.840. The summed E-state index contributed by atoms with van der Waals surface area (Å²) >= 11 is 0. The van der Waals surface area contributed by atoms with Gasteiger partial charge in [0, 0.05) is 13.1 Å². The monoisotopic (exact) mass is 283 g/mol. The summed E-state index contributed by atoms with van der Waals surface area (Å²) in [5, 5.41) is 10.4. The fourth-order valence-corrected chi connectivity index (χ4v) is 2.63. The first-order chi connectivity index (χ1) is 10.2. The molecule has 21 heavy (non-hydrogen) atoms. The van der Waals surface area contributed by atoms with Crippen LogP contribution in [0.25, 0.3) is 0 Å². The first kappa shape index (κ1) is 15.7. The predicted octanol–water partition coefficient (Wildman–Crippen LogP) is 3.53. The van der Waals surface area contributed by atoms with Gasteiger partial charge in [-0.2, -0.15) is 0 Å². The second-order valence-corrected chi connectivity index (χ2v) is 5.83. The molecule has 2 atom stereocenters. The molecule has 0 aliphatic rings. The molecule has 2 rings (SSSR count). The van der Waals surface area contributed by atoms with Crippen LogP contribution in [0, 0.1) is 5.92 Å². The molecule has 0 amide bonds. The topological polar surface area (TPSA) is 23.5 Å². The van der Waals surface area contributed by atoms with E-state index in [0.717, 1.165) is 25.1 Å². The summed E-state index contributed by atoms with van der Waals surface area (Å²) < 4.78 is 0. The molecule has 112 valence electrons. The summed E-state index contributed by atoms with van der Waals surface area (Å²) in [7, 11) is 2.12. The third-order valence-corrected chi connectivity index (χ3v) is 3.90. The maximum Gasteiger partial charge on any atom is 0.0827 e. The molecule has 0 aliphatic heterocycles. The van der Waals surface area contributed by atoms with Gasteiger partial charge in [0.1, 0.15) is 0 Å². The smallest absolute Gasteiger partial charge is 0.0827 e. The zero-order chi connectivity index (χ0) is 15.1. The van der Waals surface area contributed by atoms with E-state index in [4.69, 9.17) is 0 Å². The molecule has 0 fully saturated rings. The van der Waals surface area contributed by atoms with Crippen LogP contribution in [0.2, 0.25) is 0 Å². The summed E-state index contributed by atoms with van der Waals surface area (Å²) in [5.74, 6) is 0.216. The first-order valence-electron chi connectivity index (χ1n) is 7.62. The molecule has 0 aromatic heterocycles. The highest BCUT2D eigenvalue weighted by molar-refractivity contribution is 5.18. The zero-order valence-electron chi connectivity index (χ0n) is 12.9. The highest BCUT2D eigenvalue weighted by Gasteiger charge is 2.17. The van der Waals surface area contributed by atoms with Gasteiger partial charge in [-0.15, -0.1) is 0 Å². The number of benzene rings is 2. The van der Waals surface area contributed by atoms with Gasteiger partial charge < -0.3 is 10.0 Å². The predicted molar refractivity (Wildman–Crippen MR) is 88.2 cm³/mol. The number of aliphatic hydroxyl groups excluding tert-OH is 1. The van der Waals surface area contributed by atoms with Gasteiger partial charge in [0.15, 0.2) is 0 Å². The van der Waals surface area contributed by atoms with Gasteiger partial charge in [0.25, 0.3) is 0 Å². The Morgan fingerprint density at radius 2 is 1.52 bits per heavy atom. The Bertz CT molecular complexity index is 512. The number of rotatable bonds is 7. The van der Waals surface area contributed by atoms with E-state index in [1.54, 1.807) is 0 Å². The van der Waals surface area contributed by atoms with E-state index >= 15 is 0 Å². The number of likely N-dealkylation sites (N-methyl/N-ethyl adjacent to an activating group) is 1. The highest BCUT2D eigenvalue weighted by Crippen LogP contribution is 2.22. The van der Waals surface area contributed by atoms with E-state index in [1.807, 2.05) is 36.4 Å². The summed E-state index contributed by atoms with van der Waals surface area (Å²) in [5.41, 5.74) is 2.36. The van der Waals surface area contributed by atoms with E-state index < -0.39 is 6.10 Å². The molecule has 0 aliphatic carbocycles. The molecule has 0 heterocycles. The average Bonchev–Trinajstić information content (AvgIpc) is 2.54. The normalized spacial score (nSPS) is 14.1.